The Morgan fingerprint density at radius 1 is 1.50 bits per heavy atom. The Hall–Kier alpha value is 0.135. The smallest absolute Gasteiger partial charge is 0.343 e. The van der Waals surface area contributed by atoms with Crippen molar-refractivity contribution in [3.8, 4) is 0 Å². The SMILES string of the molecule is BC1CN(P(=O)(O)N(C)C)CC(C(C)C)O1. The van der Waals surface area contributed by atoms with Crippen molar-refractivity contribution < 1.29 is 14.2 Å². The fourth-order valence-electron chi connectivity index (χ4n) is 1.80. The Morgan fingerprint density at radius 3 is 2.50 bits per heavy atom. The zero-order valence-electron chi connectivity index (χ0n) is 10.8. The second-order valence-electron chi connectivity index (χ2n) is 4.96. The lowest BCUT2D eigenvalue weighted by Crippen LogP contribution is -2.49. The van der Waals surface area contributed by atoms with Gasteiger partial charge < -0.3 is 9.63 Å². The molecule has 94 valence electrons. The van der Waals surface area contributed by atoms with Gasteiger partial charge >= 0.3 is 7.67 Å². The van der Waals surface area contributed by atoms with Crippen LogP contribution in [0, 0.1) is 5.92 Å². The van der Waals surface area contributed by atoms with Crippen LogP contribution in [0.25, 0.3) is 0 Å². The number of hydrogen-bond acceptors (Lipinski definition) is 2. The van der Waals surface area contributed by atoms with E-state index < -0.39 is 7.67 Å². The summed E-state index contributed by atoms with van der Waals surface area (Å²) in [6, 6.07) is 0.00146. The van der Waals surface area contributed by atoms with Crippen molar-refractivity contribution in [2.75, 3.05) is 27.2 Å². The van der Waals surface area contributed by atoms with Crippen molar-refractivity contribution >= 4 is 15.5 Å². The van der Waals surface area contributed by atoms with Gasteiger partial charge in [0.2, 0.25) is 0 Å². The highest BCUT2D eigenvalue weighted by Gasteiger charge is 2.38. The number of hydrogen-bond donors (Lipinski definition) is 1. The molecule has 0 amide bonds. The van der Waals surface area contributed by atoms with Gasteiger partial charge in [0.05, 0.1) is 6.10 Å². The summed E-state index contributed by atoms with van der Waals surface area (Å²) in [5.41, 5.74) is 0. The lowest BCUT2D eigenvalue weighted by atomic mass is 9.96. The maximum atomic E-state index is 12.1. The lowest BCUT2D eigenvalue weighted by molar-refractivity contribution is -0.0516. The molecule has 7 heteroatoms. The monoisotopic (exact) mass is 248 g/mol. The third-order valence-corrected chi connectivity index (χ3v) is 5.00. The van der Waals surface area contributed by atoms with E-state index in [9.17, 15) is 9.46 Å². The van der Waals surface area contributed by atoms with Crippen LogP contribution in [0.15, 0.2) is 0 Å². The van der Waals surface area contributed by atoms with Crippen LogP contribution >= 0.6 is 7.67 Å². The fraction of sp³-hybridized carbons (Fsp3) is 1.00. The van der Waals surface area contributed by atoms with E-state index in [2.05, 4.69) is 13.8 Å². The first-order valence-electron chi connectivity index (χ1n) is 5.66. The first-order chi connectivity index (χ1) is 7.25. The van der Waals surface area contributed by atoms with E-state index in [0.29, 0.717) is 19.0 Å². The predicted octanol–water partition coefficient (Wildman–Crippen LogP) is -0.0356. The summed E-state index contributed by atoms with van der Waals surface area (Å²) in [7, 11) is 1.83. The third kappa shape index (κ3) is 3.08. The predicted molar refractivity (Wildman–Crippen MR) is 67.1 cm³/mol. The summed E-state index contributed by atoms with van der Waals surface area (Å²) >= 11 is 0. The van der Waals surface area contributed by atoms with Gasteiger partial charge in [-0.25, -0.2) is 9.34 Å². The molecule has 1 saturated heterocycles. The van der Waals surface area contributed by atoms with Crippen molar-refractivity contribution in [2.24, 2.45) is 5.92 Å². The van der Waals surface area contributed by atoms with Crippen molar-refractivity contribution in [3.05, 3.63) is 0 Å². The van der Waals surface area contributed by atoms with Gasteiger partial charge in [-0.15, -0.1) is 0 Å². The minimum Gasteiger partial charge on any atom is -0.381 e. The summed E-state index contributed by atoms with van der Waals surface area (Å²) in [5.74, 6) is 0.354. The largest absolute Gasteiger partial charge is 0.381 e. The number of nitrogens with zero attached hydrogens (tertiary/aromatic N) is 2. The number of morpholine rings is 1. The third-order valence-electron chi connectivity index (χ3n) is 2.90. The van der Waals surface area contributed by atoms with Crippen molar-refractivity contribution in [1.29, 1.82) is 0 Å². The van der Waals surface area contributed by atoms with Crippen LogP contribution in [0.4, 0.5) is 0 Å². The summed E-state index contributed by atoms with van der Waals surface area (Å²) in [6.45, 7) is 5.17. The minimum atomic E-state index is -3.37. The molecule has 3 unspecified atom stereocenters. The molecule has 0 saturated carbocycles. The molecule has 1 aliphatic rings. The second kappa shape index (κ2) is 5.19. The molecule has 1 N–H and O–H groups in total. The molecule has 1 fully saturated rings. The quantitative estimate of drug-likeness (QED) is 0.561. The molecular weight excluding hydrogens is 226 g/mol. The Bertz CT molecular complexity index is 288. The molecule has 0 aromatic carbocycles. The molecule has 1 rings (SSSR count). The van der Waals surface area contributed by atoms with Crippen molar-refractivity contribution in [1.82, 2.24) is 9.34 Å². The van der Waals surface area contributed by atoms with Crippen LogP contribution in [0.5, 0.6) is 0 Å². The highest BCUT2D eigenvalue weighted by molar-refractivity contribution is 7.52. The molecule has 16 heavy (non-hydrogen) atoms. The van der Waals surface area contributed by atoms with E-state index in [0.717, 1.165) is 0 Å². The Kier molecular flexibility index (Phi) is 4.61. The topological polar surface area (TPSA) is 53.0 Å². The summed E-state index contributed by atoms with van der Waals surface area (Å²) in [5, 5.41) is 0. The van der Waals surface area contributed by atoms with Gasteiger partial charge in [0.15, 0.2) is 0 Å². The van der Waals surface area contributed by atoms with E-state index in [1.165, 1.54) is 4.67 Å². The average Bonchev–Trinajstić information content (AvgIpc) is 2.16. The van der Waals surface area contributed by atoms with Gasteiger partial charge in [-0.05, 0) is 20.0 Å². The molecule has 0 bridgehead atoms. The van der Waals surface area contributed by atoms with E-state index >= 15 is 0 Å². The normalized spacial score (nSPS) is 31.9. The molecule has 0 spiro atoms. The minimum absolute atomic E-state index is 0.00146. The molecule has 0 aromatic rings. The molecule has 0 aromatic heterocycles. The highest BCUT2D eigenvalue weighted by atomic mass is 31.2. The van der Waals surface area contributed by atoms with E-state index in [1.807, 2.05) is 7.85 Å². The van der Waals surface area contributed by atoms with Crippen LogP contribution in [0.1, 0.15) is 13.8 Å². The van der Waals surface area contributed by atoms with Crippen LogP contribution in [-0.2, 0) is 9.30 Å². The summed E-state index contributed by atoms with van der Waals surface area (Å²) in [6.07, 6.45) is 0.0316. The molecule has 0 aliphatic carbocycles. The Labute approximate surface area is 98.7 Å². The number of rotatable bonds is 3. The zero-order chi connectivity index (χ0) is 12.5. The first-order valence-corrected chi connectivity index (χ1v) is 7.23. The van der Waals surface area contributed by atoms with Gasteiger partial charge in [0.25, 0.3) is 0 Å². The van der Waals surface area contributed by atoms with Crippen LogP contribution < -0.4 is 0 Å². The van der Waals surface area contributed by atoms with Gasteiger partial charge in [0.1, 0.15) is 7.85 Å². The molecule has 1 heterocycles. The van der Waals surface area contributed by atoms with Gasteiger partial charge in [0, 0.05) is 19.1 Å². The Morgan fingerprint density at radius 2 is 2.06 bits per heavy atom. The molecule has 3 atom stereocenters. The van der Waals surface area contributed by atoms with Gasteiger partial charge in [-0.2, -0.15) is 0 Å². The highest BCUT2D eigenvalue weighted by Crippen LogP contribution is 2.48. The average molecular weight is 248 g/mol. The van der Waals surface area contributed by atoms with Crippen LogP contribution in [0.3, 0.4) is 0 Å². The van der Waals surface area contributed by atoms with Gasteiger partial charge in [-0.1, -0.05) is 13.8 Å². The summed E-state index contributed by atoms with van der Waals surface area (Å²) in [4.78, 5) is 9.99. The van der Waals surface area contributed by atoms with Crippen molar-refractivity contribution in [2.45, 2.75) is 26.0 Å². The van der Waals surface area contributed by atoms with Crippen LogP contribution in [-0.4, -0.2) is 61.4 Å². The standard InChI is InChI=1S/C9H22BN2O3P/c1-7(2)8-5-12(6-9(10)15-8)16(13,14)11(3)4/h7-9H,5-6,10H2,1-4H3,(H,13,14). The first kappa shape index (κ1) is 14.2. The molecule has 5 nitrogen and oxygen atoms in total. The zero-order valence-corrected chi connectivity index (χ0v) is 11.6. The molecular formula is C9H22BN2O3P. The maximum absolute atomic E-state index is 12.1. The van der Waals surface area contributed by atoms with E-state index in [-0.39, 0.29) is 12.1 Å². The summed E-state index contributed by atoms with van der Waals surface area (Å²) < 4.78 is 20.9. The fourth-order valence-corrected chi connectivity index (χ4v) is 3.12. The van der Waals surface area contributed by atoms with E-state index in [4.69, 9.17) is 4.74 Å². The maximum Gasteiger partial charge on any atom is 0.343 e. The lowest BCUT2D eigenvalue weighted by Gasteiger charge is -2.41. The van der Waals surface area contributed by atoms with E-state index in [1.54, 1.807) is 18.8 Å². The van der Waals surface area contributed by atoms with Crippen molar-refractivity contribution in [3.63, 3.8) is 0 Å². The second-order valence-corrected chi connectivity index (χ2v) is 7.35. The van der Waals surface area contributed by atoms with Gasteiger partial charge in [-0.3, -0.25) is 4.57 Å². The number of ether oxygens (including phenoxy) is 1. The molecule has 1 aliphatic heterocycles. The van der Waals surface area contributed by atoms with Crippen LogP contribution in [0.2, 0.25) is 0 Å². The molecule has 0 radical (unpaired) electrons. The Balaban J connectivity index is 2.78.